The molecule has 7 atom stereocenters. The van der Waals surface area contributed by atoms with E-state index in [1.54, 1.807) is 0 Å². The minimum absolute atomic E-state index is 0.0623. The van der Waals surface area contributed by atoms with Gasteiger partial charge in [0, 0.05) is 5.41 Å². The van der Waals surface area contributed by atoms with E-state index in [1.165, 1.54) is 38.5 Å². The van der Waals surface area contributed by atoms with Crippen LogP contribution in [0.4, 0.5) is 0 Å². The average molecular weight is 305 g/mol. The molecule has 4 rings (SSSR count). The Morgan fingerprint density at radius 3 is 2.68 bits per heavy atom. The van der Waals surface area contributed by atoms with Gasteiger partial charge in [0.05, 0.1) is 11.8 Å². The van der Waals surface area contributed by atoms with Gasteiger partial charge in [-0.05, 0) is 74.0 Å². The molecular weight excluding hydrogens is 274 g/mol. The van der Waals surface area contributed by atoms with Gasteiger partial charge in [-0.2, -0.15) is 0 Å². The van der Waals surface area contributed by atoms with Gasteiger partial charge in [-0.1, -0.05) is 31.8 Å². The molecule has 0 aliphatic heterocycles. The van der Waals surface area contributed by atoms with E-state index in [0.29, 0.717) is 23.2 Å². The Hall–Kier alpha value is -0.570. The molecule has 4 aliphatic carbocycles. The second kappa shape index (κ2) is 4.96. The minimum Gasteiger partial charge on any atom is -0.411 e. The Kier molecular flexibility index (Phi) is 3.38. The molecule has 0 aromatic carbocycles. The first kappa shape index (κ1) is 15.0. The van der Waals surface area contributed by atoms with E-state index in [9.17, 15) is 10.3 Å². The Bertz CT molecular complexity index is 490. The van der Waals surface area contributed by atoms with Crippen LogP contribution in [0.25, 0.3) is 0 Å². The van der Waals surface area contributed by atoms with Crippen LogP contribution in [0.5, 0.6) is 0 Å². The van der Waals surface area contributed by atoms with E-state index in [-0.39, 0.29) is 11.5 Å². The highest BCUT2D eigenvalue weighted by molar-refractivity contribution is 5.92. The topological polar surface area (TPSA) is 52.8 Å². The molecule has 0 heterocycles. The van der Waals surface area contributed by atoms with Crippen molar-refractivity contribution in [2.45, 2.75) is 77.7 Å². The average Bonchev–Trinajstić information content (AvgIpc) is 2.82. The van der Waals surface area contributed by atoms with Crippen molar-refractivity contribution >= 4 is 5.71 Å². The van der Waals surface area contributed by atoms with Crippen molar-refractivity contribution in [3.8, 4) is 0 Å². The van der Waals surface area contributed by atoms with E-state index in [4.69, 9.17) is 0 Å². The molecule has 0 spiro atoms. The van der Waals surface area contributed by atoms with Gasteiger partial charge in [0.2, 0.25) is 0 Å². The molecule has 2 N–H and O–H groups in total. The highest BCUT2D eigenvalue weighted by Crippen LogP contribution is 2.65. The zero-order valence-electron chi connectivity index (χ0n) is 14.1. The van der Waals surface area contributed by atoms with Crippen molar-refractivity contribution in [3.05, 3.63) is 0 Å². The zero-order valence-corrected chi connectivity index (χ0v) is 14.1. The third kappa shape index (κ3) is 1.81. The summed E-state index contributed by atoms with van der Waals surface area (Å²) < 4.78 is 0. The van der Waals surface area contributed by atoms with Crippen LogP contribution < -0.4 is 0 Å². The number of rotatable bonds is 0. The molecule has 0 radical (unpaired) electrons. The number of hydrogen-bond acceptors (Lipinski definition) is 3. The molecule has 4 fully saturated rings. The van der Waals surface area contributed by atoms with Gasteiger partial charge in [0.1, 0.15) is 0 Å². The summed E-state index contributed by atoms with van der Waals surface area (Å²) in [7, 11) is 0. The van der Waals surface area contributed by atoms with Crippen molar-refractivity contribution in [2.75, 3.05) is 0 Å². The summed E-state index contributed by atoms with van der Waals surface area (Å²) in [4.78, 5) is 0. The van der Waals surface area contributed by atoms with Crippen LogP contribution in [-0.4, -0.2) is 22.1 Å². The first-order chi connectivity index (χ1) is 10.5. The summed E-state index contributed by atoms with van der Waals surface area (Å²) >= 11 is 0. The summed E-state index contributed by atoms with van der Waals surface area (Å²) in [6.45, 7) is 4.73. The van der Waals surface area contributed by atoms with Crippen LogP contribution in [0.15, 0.2) is 5.16 Å². The number of oxime groups is 1. The molecule has 7 unspecified atom stereocenters. The molecular formula is C19H31NO2. The fourth-order valence-electron chi connectivity index (χ4n) is 7.37. The number of fused-ring (bicyclic) bond motifs is 5. The van der Waals surface area contributed by atoms with Crippen LogP contribution >= 0.6 is 0 Å². The van der Waals surface area contributed by atoms with Gasteiger partial charge in [-0.25, -0.2) is 0 Å². The number of aliphatic hydroxyl groups excluding tert-OH is 1. The van der Waals surface area contributed by atoms with Crippen LogP contribution in [0, 0.1) is 34.5 Å². The summed E-state index contributed by atoms with van der Waals surface area (Å²) in [6.07, 6.45) is 10.7. The summed E-state index contributed by atoms with van der Waals surface area (Å²) in [6, 6.07) is 0. The Morgan fingerprint density at radius 2 is 1.91 bits per heavy atom. The maximum absolute atomic E-state index is 11.1. The second-order valence-electron chi connectivity index (χ2n) is 9.10. The van der Waals surface area contributed by atoms with Gasteiger partial charge in [0.25, 0.3) is 0 Å². The summed E-state index contributed by atoms with van der Waals surface area (Å²) in [5, 5.41) is 24.1. The maximum atomic E-state index is 11.1. The lowest BCUT2D eigenvalue weighted by Gasteiger charge is -2.61. The van der Waals surface area contributed by atoms with E-state index < -0.39 is 0 Å². The third-order valence-corrected chi connectivity index (χ3v) is 8.38. The molecule has 0 aromatic heterocycles. The lowest BCUT2D eigenvalue weighted by Crippen LogP contribution is -2.58. The summed E-state index contributed by atoms with van der Waals surface area (Å²) in [5.74, 6) is 2.55. The zero-order chi connectivity index (χ0) is 15.5. The van der Waals surface area contributed by atoms with Crippen molar-refractivity contribution in [3.63, 3.8) is 0 Å². The molecule has 124 valence electrons. The van der Waals surface area contributed by atoms with Crippen LogP contribution in [0.1, 0.15) is 71.6 Å². The summed E-state index contributed by atoms with van der Waals surface area (Å²) in [5.41, 5.74) is 1.24. The Labute approximate surface area is 134 Å². The first-order valence-electron chi connectivity index (χ1n) is 9.40. The van der Waals surface area contributed by atoms with Crippen LogP contribution in [-0.2, 0) is 0 Å². The smallest absolute Gasteiger partial charge is 0.0633 e. The molecule has 0 amide bonds. The molecule has 3 heteroatoms. The van der Waals surface area contributed by atoms with Gasteiger partial charge >= 0.3 is 0 Å². The molecule has 22 heavy (non-hydrogen) atoms. The highest BCUT2D eigenvalue weighted by atomic mass is 16.4. The number of aliphatic hydroxyl groups is 1. The van der Waals surface area contributed by atoms with Crippen molar-refractivity contribution in [2.24, 2.45) is 39.7 Å². The lowest BCUT2D eigenvalue weighted by atomic mass is 9.44. The van der Waals surface area contributed by atoms with E-state index in [1.807, 2.05) is 0 Å². The SMILES string of the molecule is CC12CC(O)C3C(CCC4CCCCC43C)C1CCC2=NO. The highest BCUT2D eigenvalue weighted by Gasteiger charge is 2.62. The largest absolute Gasteiger partial charge is 0.411 e. The van der Waals surface area contributed by atoms with E-state index >= 15 is 0 Å². The quantitative estimate of drug-likeness (QED) is 0.520. The monoisotopic (exact) mass is 305 g/mol. The molecule has 0 bridgehead atoms. The third-order valence-electron chi connectivity index (χ3n) is 8.38. The standard InChI is InChI=1S/C19H31NO2/c1-18-10-4-3-5-12(18)6-7-13-14-8-9-16(20-22)19(14,2)11-15(21)17(13)18/h12-15,17,21-22H,3-11H2,1-2H3. The maximum Gasteiger partial charge on any atom is 0.0633 e. The van der Waals surface area contributed by atoms with E-state index in [2.05, 4.69) is 19.0 Å². The number of nitrogens with zero attached hydrogens (tertiary/aromatic N) is 1. The van der Waals surface area contributed by atoms with Gasteiger partial charge in [-0.3, -0.25) is 0 Å². The number of hydrogen-bond donors (Lipinski definition) is 2. The lowest BCUT2D eigenvalue weighted by molar-refractivity contribution is -0.153. The predicted octanol–water partition coefficient (Wildman–Crippen LogP) is 4.22. The second-order valence-corrected chi connectivity index (χ2v) is 9.10. The molecule has 0 aromatic rings. The van der Waals surface area contributed by atoms with E-state index in [0.717, 1.165) is 30.9 Å². The van der Waals surface area contributed by atoms with Crippen molar-refractivity contribution < 1.29 is 10.3 Å². The van der Waals surface area contributed by atoms with Gasteiger partial charge < -0.3 is 10.3 Å². The fraction of sp³-hybridized carbons (Fsp3) is 0.947. The molecule has 3 nitrogen and oxygen atoms in total. The first-order valence-corrected chi connectivity index (χ1v) is 9.40. The molecule has 4 aliphatic rings. The minimum atomic E-state index is -0.216. The van der Waals surface area contributed by atoms with Crippen molar-refractivity contribution in [1.82, 2.24) is 0 Å². The Morgan fingerprint density at radius 1 is 1.09 bits per heavy atom. The van der Waals surface area contributed by atoms with Crippen LogP contribution in [0.2, 0.25) is 0 Å². The molecule has 0 saturated heterocycles. The molecule has 4 saturated carbocycles. The van der Waals surface area contributed by atoms with Gasteiger partial charge in [-0.15, -0.1) is 0 Å². The fourth-order valence-corrected chi connectivity index (χ4v) is 7.37. The predicted molar refractivity (Wildman–Crippen MR) is 87.0 cm³/mol. The normalized spacial score (nSPS) is 56.3. The Balaban J connectivity index is 1.71. The van der Waals surface area contributed by atoms with Gasteiger partial charge in [0.15, 0.2) is 0 Å². The van der Waals surface area contributed by atoms with Crippen LogP contribution in [0.3, 0.4) is 0 Å². The van der Waals surface area contributed by atoms with Crippen molar-refractivity contribution in [1.29, 1.82) is 0 Å².